The second-order valence-electron chi connectivity index (χ2n) is 6.44. The van der Waals surface area contributed by atoms with Gasteiger partial charge in [-0.25, -0.2) is 0 Å². The fourth-order valence-corrected chi connectivity index (χ4v) is 4.01. The van der Waals surface area contributed by atoms with Gasteiger partial charge in [0.25, 0.3) is 0 Å². The first-order valence-corrected chi connectivity index (χ1v) is 7.93. The maximum atomic E-state index is 11.6. The van der Waals surface area contributed by atoms with Gasteiger partial charge in [0.2, 0.25) is 5.91 Å². The van der Waals surface area contributed by atoms with E-state index in [1.54, 1.807) is 12.1 Å². The molecule has 0 aromatic heterocycles. The Morgan fingerprint density at radius 2 is 1.86 bits per heavy atom. The van der Waals surface area contributed by atoms with E-state index in [4.69, 9.17) is 5.73 Å². The number of nitrogens with zero attached hydrogens (tertiary/aromatic N) is 1. The first-order valence-electron chi connectivity index (χ1n) is 7.93. The van der Waals surface area contributed by atoms with Crippen molar-refractivity contribution >= 4 is 11.9 Å². The van der Waals surface area contributed by atoms with Crippen molar-refractivity contribution in [3.05, 3.63) is 35.4 Å². The first-order chi connectivity index (χ1) is 10.6. The lowest BCUT2D eigenvalue weighted by atomic mass is 9.84. The van der Waals surface area contributed by atoms with Crippen LogP contribution in [0, 0.1) is 5.92 Å². The Labute approximate surface area is 130 Å². The summed E-state index contributed by atoms with van der Waals surface area (Å²) < 4.78 is 0. The third kappa shape index (κ3) is 2.86. The SMILES string of the molecule is NC(=O)c1ccc(CN2[C@H](C(=O)O)C[C@@H]3CCCC[C@@H]32)cc1. The van der Waals surface area contributed by atoms with Crippen molar-refractivity contribution in [3.63, 3.8) is 0 Å². The van der Waals surface area contributed by atoms with Crippen molar-refractivity contribution in [2.24, 2.45) is 11.7 Å². The molecule has 0 spiro atoms. The number of carboxylic acids is 1. The van der Waals surface area contributed by atoms with Crippen LogP contribution in [-0.2, 0) is 11.3 Å². The number of carboxylic acid groups (broad SMARTS) is 1. The molecule has 3 atom stereocenters. The molecule has 1 saturated carbocycles. The number of hydrogen-bond donors (Lipinski definition) is 2. The smallest absolute Gasteiger partial charge is 0.320 e. The van der Waals surface area contributed by atoms with E-state index in [0.29, 0.717) is 24.1 Å². The largest absolute Gasteiger partial charge is 0.480 e. The Balaban J connectivity index is 1.78. The van der Waals surface area contributed by atoms with Gasteiger partial charge in [-0.2, -0.15) is 0 Å². The number of hydrogen-bond acceptors (Lipinski definition) is 3. The van der Waals surface area contributed by atoms with Crippen molar-refractivity contribution < 1.29 is 14.7 Å². The molecule has 1 aromatic rings. The third-order valence-corrected chi connectivity index (χ3v) is 5.11. The summed E-state index contributed by atoms with van der Waals surface area (Å²) in [6, 6.07) is 7.16. The molecule has 1 amide bonds. The molecule has 1 heterocycles. The van der Waals surface area contributed by atoms with Gasteiger partial charge < -0.3 is 10.8 Å². The van der Waals surface area contributed by atoms with E-state index in [9.17, 15) is 14.7 Å². The Morgan fingerprint density at radius 3 is 2.50 bits per heavy atom. The molecule has 3 N–H and O–H groups in total. The number of amides is 1. The molecular formula is C17H22N2O3. The molecular weight excluding hydrogens is 280 g/mol. The number of nitrogens with two attached hydrogens (primary N) is 1. The normalized spacial score (nSPS) is 28.3. The molecule has 1 saturated heterocycles. The molecule has 0 bridgehead atoms. The fraction of sp³-hybridized carbons (Fsp3) is 0.529. The minimum atomic E-state index is -0.719. The van der Waals surface area contributed by atoms with Crippen LogP contribution >= 0.6 is 0 Å². The molecule has 5 nitrogen and oxygen atoms in total. The van der Waals surface area contributed by atoms with Crippen molar-refractivity contribution in [2.75, 3.05) is 0 Å². The van der Waals surface area contributed by atoms with E-state index >= 15 is 0 Å². The van der Waals surface area contributed by atoms with Crippen molar-refractivity contribution in [3.8, 4) is 0 Å². The van der Waals surface area contributed by atoms with Crippen LogP contribution in [0.2, 0.25) is 0 Å². The van der Waals surface area contributed by atoms with Crippen LogP contribution in [0.3, 0.4) is 0 Å². The van der Waals surface area contributed by atoms with Gasteiger partial charge in [0, 0.05) is 18.2 Å². The van der Waals surface area contributed by atoms with Gasteiger partial charge >= 0.3 is 5.97 Å². The Morgan fingerprint density at radius 1 is 1.18 bits per heavy atom. The van der Waals surface area contributed by atoms with Gasteiger partial charge in [-0.1, -0.05) is 25.0 Å². The lowest BCUT2D eigenvalue weighted by Gasteiger charge is -2.33. The summed E-state index contributed by atoms with van der Waals surface area (Å²) in [5.74, 6) is -0.647. The van der Waals surface area contributed by atoms with E-state index in [2.05, 4.69) is 4.90 Å². The zero-order valence-corrected chi connectivity index (χ0v) is 12.6. The number of rotatable bonds is 4. The molecule has 2 fully saturated rings. The molecule has 1 aromatic carbocycles. The van der Waals surface area contributed by atoms with Gasteiger partial charge in [-0.3, -0.25) is 14.5 Å². The van der Waals surface area contributed by atoms with Crippen LogP contribution < -0.4 is 5.73 Å². The third-order valence-electron chi connectivity index (χ3n) is 5.11. The zero-order chi connectivity index (χ0) is 15.7. The lowest BCUT2D eigenvalue weighted by molar-refractivity contribution is -0.142. The van der Waals surface area contributed by atoms with Crippen LogP contribution in [-0.4, -0.2) is 34.0 Å². The van der Waals surface area contributed by atoms with Crippen LogP contribution in [0.1, 0.15) is 48.0 Å². The standard InChI is InChI=1S/C17H22N2O3/c18-16(20)12-7-5-11(6-8-12)10-19-14-4-2-1-3-13(14)9-15(19)17(21)22/h5-8,13-15H,1-4,9-10H2,(H2,18,20)(H,21,22)/t13-,14-,15-/m0/s1. The van der Waals surface area contributed by atoms with Gasteiger partial charge in [0.1, 0.15) is 6.04 Å². The minimum absolute atomic E-state index is 0.380. The highest BCUT2D eigenvalue weighted by molar-refractivity contribution is 5.92. The number of primary amides is 1. The number of likely N-dealkylation sites (tertiary alicyclic amines) is 1. The Hall–Kier alpha value is -1.88. The second kappa shape index (κ2) is 6.08. The average molecular weight is 302 g/mol. The monoisotopic (exact) mass is 302 g/mol. The summed E-state index contributed by atoms with van der Waals surface area (Å²) in [5, 5.41) is 9.52. The molecule has 5 heteroatoms. The van der Waals surface area contributed by atoms with Gasteiger partial charge in [-0.05, 0) is 42.9 Å². The van der Waals surface area contributed by atoms with Crippen LogP contribution in [0.4, 0.5) is 0 Å². The summed E-state index contributed by atoms with van der Waals surface area (Å²) in [6.45, 7) is 0.622. The molecule has 118 valence electrons. The zero-order valence-electron chi connectivity index (χ0n) is 12.6. The van der Waals surface area contributed by atoms with Crippen LogP contribution in [0.25, 0.3) is 0 Å². The molecule has 0 radical (unpaired) electrons. The summed E-state index contributed by atoms with van der Waals surface area (Å²) in [5.41, 5.74) is 6.76. The van der Waals surface area contributed by atoms with E-state index < -0.39 is 11.9 Å². The maximum absolute atomic E-state index is 11.6. The number of fused-ring (bicyclic) bond motifs is 1. The highest BCUT2D eigenvalue weighted by Gasteiger charge is 2.44. The first kappa shape index (κ1) is 15.0. The fourth-order valence-electron chi connectivity index (χ4n) is 4.01. The van der Waals surface area contributed by atoms with Crippen LogP contribution in [0.5, 0.6) is 0 Å². The highest BCUT2D eigenvalue weighted by Crippen LogP contribution is 2.40. The average Bonchev–Trinajstić information content (AvgIpc) is 2.87. The quantitative estimate of drug-likeness (QED) is 0.891. The van der Waals surface area contributed by atoms with E-state index in [1.807, 2.05) is 12.1 Å². The second-order valence-corrected chi connectivity index (χ2v) is 6.44. The minimum Gasteiger partial charge on any atom is -0.480 e. The van der Waals surface area contributed by atoms with Gasteiger partial charge in [0.15, 0.2) is 0 Å². The molecule has 0 unspecified atom stereocenters. The molecule has 22 heavy (non-hydrogen) atoms. The van der Waals surface area contributed by atoms with Gasteiger partial charge in [-0.15, -0.1) is 0 Å². The lowest BCUT2D eigenvalue weighted by Crippen LogP contribution is -2.41. The van der Waals surface area contributed by atoms with Crippen molar-refractivity contribution in [1.29, 1.82) is 0 Å². The summed E-state index contributed by atoms with van der Waals surface area (Å²) in [6.07, 6.45) is 5.40. The van der Waals surface area contributed by atoms with Gasteiger partial charge in [0.05, 0.1) is 0 Å². The Bertz CT molecular complexity index is 570. The van der Waals surface area contributed by atoms with Crippen LogP contribution in [0.15, 0.2) is 24.3 Å². The van der Waals surface area contributed by atoms with Crippen molar-refractivity contribution in [1.82, 2.24) is 4.90 Å². The molecule has 2 aliphatic rings. The summed E-state index contributed by atoms with van der Waals surface area (Å²) in [4.78, 5) is 24.9. The predicted molar refractivity (Wildman–Crippen MR) is 82.3 cm³/mol. The maximum Gasteiger partial charge on any atom is 0.320 e. The van der Waals surface area contributed by atoms with E-state index in [0.717, 1.165) is 24.8 Å². The summed E-state index contributed by atoms with van der Waals surface area (Å²) >= 11 is 0. The number of aliphatic carboxylic acids is 1. The molecule has 1 aliphatic carbocycles. The van der Waals surface area contributed by atoms with E-state index in [1.165, 1.54) is 12.8 Å². The topological polar surface area (TPSA) is 83.6 Å². The number of carbonyl (C=O) groups excluding carboxylic acids is 1. The van der Waals surface area contributed by atoms with E-state index in [-0.39, 0.29) is 6.04 Å². The number of benzene rings is 1. The predicted octanol–water partition coefficient (Wildman–Crippen LogP) is 2.00. The summed E-state index contributed by atoms with van der Waals surface area (Å²) in [7, 11) is 0. The molecule has 3 rings (SSSR count). The highest BCUT2D eigenvalue weighted by atomic mass is 16.4. The molecule has 1 aliphatic heterocycles. The Kier molecular flexibility index (Phi) is 4.16. The van der Waals surface area contributed by atoms with Crippen molar-refractivity contribution in [2.45, 2.75) is 50.7 Å². The number of carbonyl (C=O) groups is 2.